The molecule has 0 amide bonds. The molecule has 0 aliphatic carbocycles. The van der Waals surface area contributed by atoms with Crippen molar-refractivity contribution in [3.63, 3.8) is 0 Å². The van der Waals surface area contributed by atoms with Crippen LogP contribution in [0.1, 0.15) is 19.4 Å². The van der Waals surface area contributed by atoms with E-state index in [1.165, 1.54) is 18.2 Å². The summed E-state index contributed by atoms with van der Waals surface area (Å²) in [6.45, 7) is 3.43. The number of aliphatic hydroxyl groups is 1. The highest BCUT2D eigenvalue weighted by Crippen LogP contribution is 2.24. The molecule has 0 spiro atoms. The second-order valence-electron chi connectivity index (χ2n) is 4.20. The van der Waals surface area contributed by atoms with E-state index in [-0.39, 0.29) is 18.6 Å². The van der Waals surface area contributed by atoms with Gasteiger partial charge in [-0.25, -0.2) is 8.78 Å². The zero-order valence-electron chi connectivity index (χ0n) is 8.35. The third kappa shape index (κ3) is 2.51. The van der Waals surface area contributed by atoms with E-state index in [1.807, 2.05) is 0 Å². The van der Waals surface area contributed by atoms with Gasteiger partial charge in [-0.3, -0.25) is 0 Å². The lowest BCUT2D eigenvalue weighted by atomic mass is 9.86. The molecule has 1 aromatic rings. The van der Waals surface area contributed by atoms with Gasteiger partial charge in [0.1, 0.15) is 11.6 Å². The van der Waals surface area contributed by atoms with Crippen LogP contribution in [0.5, 0.6) is 0 Å². The van der Waals surface area contributed by atoms with E-state index in [9.17, 15) is 8.78 Å². The molecule has 0 radical (unpaired) electrons. The van der Waals surface area contributed by atoms with Crippen molar-refractivity contribution in [2.24, 2.45) is 5.41 Å². The Labute approximate surface area is 82.4 Å². The first-order valence-corrected chi connectivity index (χ1v) is 4.50. The number of hydrogen-bond acceptors (Lipinski definition) is 1. The summed E-state index contributed by atoms with van der Waals surface area (Å²) in [5.41, 5.74) is -0.449. The predicted octanol–water partition coefficient (Wildman–Crippen LogP) is 2.53. The minimum atomic E-state index is -0.550. The molecule has 0 aliphatic rings. The fourth-order valence-electron chi connectivity index (χ4n) is 1.24. The standard InChI is InChI=1S/C11H14F2O/c1-11(2,7-14)6-8-9(12)4-3-5-10(8)13/h3-5,14H,6-7H2,1-2H3. The highest BCUT2D eigenvalue weighted by molar-refractivity contribution is 5.20. The summed E-state index contributed by atoms with van der Waals surface area (Å²) in [6.07, 6.45) is 0.196. The van der Waals surface area contributed by atoms with Crippen molar-refractivity contribution in [2.45, 2.75) is 20.3 Å². The van der Waals surface area contributed by atoms with Crippen LogP contribution in [0.15, 0.2) is 18.2 Å². The molecule has 0 saturated carbocycles. The van der Waals surface area contributed by atoms with Crippen molar-refractivity contribution in [2.75, 3.05) is 6.61 Å². The third-order valence-corrected chi connectivity index (χ3v) is 2.15. The molecule has 78 valence electrons. The van der Waals surface area contributed by atoms with Gasteiger partial charge in [-0.05, 0) is 24.0 Å². The highest BCUT2D eigenvalue weighted by atomic mass is 19.1. The van der Waals surface area contributed by atoms with E-state index < -0.39 is 17.0 Å². The molecule has 0 heterocycles. The van der Waals surface area contributed by atoms with Crippen LogP contribution in [0.3, 0.4) is 0 Å². The Kier molecular flexibility index (Phi) is 3.21. The first-order chi connectivity index (χ1) is 6.46. The highest BCUT2D eigenvalue weighted by Gasteiger charge is 2.21. The number of benzene rings is 1. The van der Waals surface area contributed by atoms with Crippen molar-refractivity contribution < 1.29 is 13.9 Å². The molecule has 0 unspecified atom stereocenters. The molecule has 14 heavy (non-hydrogen) atoms. The van der Waals surface area contributed by atoms with Crippen LogP contribution in [-0.2, 0) is 6.42 Å². The number of halogens is 2. The van der Waals surface area contributed by atoms with Crippen LogP contribution in [0.4, 0.5) is 8.78 Å². The van der Waals surface area contributed by atoms with Crippen LogP contribution in [0, 0.1) is 17.0 Å². The molecule has 0 aliphatic heterocycles. The van der Waals surface area contributed by atoms with Crippen LogP contribution in [0.25, 0.3) is 0 Å². The quantitative estimate of drug-likeness (QED) is 0.794. The molecule has 1 rings (SSSR count). The van der Waals surface area contributed by atoms with Gasteiger partial charge in [0.2, 0.25) is 0 Å². The molecule has 0 atom stereocenters. The molecular weight excluding hydrogens is 186 g/mol. The lowest BCUT2D eigenvalue weighted by Crippen LogP contribution is -2.21. The van der Waals surface area contributed by atoms with Gasteiger partial charge < -0.3 is 5.11 Å². The number of hydrogen-bond donors (Lipinski definition) is 1. The fourth-order valence-corrected chi connectivity index (χ4v) is 1.24. The predicted molar refractivity (Wildman–Crippen MR) is 50.9 cm³/mol. The van der Waals surface area contributed by atoms with E-state index >= 15 is 0 Å². The lowest BCUT2D eigenvalue weighted by Gasteiger charge is -2.21. The monoisotopic (exact) mass is 200 g/mol. The van der Waals surface area contributed by atoms with E-state index in [1.54, 1.807) is 13.8 Å². The normalized spacial score (nSPS) is 11.8. The Bertz CT molecular complexity index is 301. The number of rotatable bonds is 3. The minimum absolute atomic E-state index is 0.0477. The fraction of sp³-hybridized carbons (Fsp3) is 0.455. The van der Waals surface area contributed by atoms with E-state index in [4.69, 9.17) is 5.11 Å². The van der Waals surface area contributed by atoms with Gasteiger partial charge in [0.05, 0.1) is 0 Å². The van der Waals surface area contributed by atoms with Crippen molar-refractivity contribution in [3.8, 4) is 0 Å². The topological polar surface area (TPSA) is 20.2 Å². The first kappa shape index (κ1) is 11.1. The van der Waals surface area contributed by atoms with E-state index in [0.29, 0.717) is 0 Å². The Balaban J connectivity index is 2.97. The van der Waals surface area contributed by atoms with E-state index in [0.717, 1.165) is 0 Å². The van der Waals surface area contributed by atoms with Gasteiger partial charge in [-0.2, -0.15) is 0 Å². The second-order valence-corrected chi connectivity index (χ2v) is 4.20. The summed E-state index contributed by atoms with van der Waals surface area (Å²) in [4.78, 5) is 0. The summed E-state index contributed by atoms with van der Waals surface area (Å²) in [7, 11) is 0. The third-order valence-electron chi connectivity index (χ3n) is 2.15. The van der Waals surface area contributed by atoms with Crippen molar-refractivity contribution in [3.05, 3.63) is 35.4 Å². The van der Waals surface area contributed by atoms with Crippen molar-refractivity contribution in [1.82, 2.24) is 0 Å². The summed E-state index contributed by atoms with van der Waals surface area (Å²) in [6, 6.07) is 3.79. The zero-order chi connectivity index (χ0) is 10.8. The molecule has 0 fully saturated rings. The Morgan fingerprint density at radius 2 is 1.71 bits per heavy atom. The minimum Gasteiger partial charge on any atom is -0.396 e. The van der Waals surface area contributed by atoms with Crippen LogP contribution < -0.4 is 0 Å². The number of aliphatic hydroxyl groups excluding tert-OH is 1. The summed E-state index contributed by atoms with van der Waals surface area (Å²) < 4.78 is 26.4. The molecule has 1 N–H and O–H groups in total. The first-order valence-electron chi connectivity index (χ1n) is 4.50. The Hall–Kier alpha value is -0.960. The van der Waals surface area contributed by atoms with Gasteiger partial charge >= 0.3 is 0 Å². The average molecular weight is 200 g/mol. The maximum absolute atomic E-state index is 13.2. The maximum Gasteiger partial charge on any atom is 0.129 e. The molecule has 3 heteroatoms. The molecule has 1 aromatic carbocycles. The van der Waals surface area contributed by atoms with Crippen LogP contribution in [-0.4, -0.2) is 11.7 Å². The van der Waals surface area contributed by atoms with Crippen molar-refractivity contribution in [1.29, 1.82) is 0 Å². The summed E-state index contributed by atoms with van der Waals surface area (Å²) in [5, 5.41) is 8.99. The smallest absolute Gasteiger partial charge is 0.129 e. The Morgan fingerprint density at radius 3 is 2.14 bits per heavy atom. The maximum atomic E-state index is 13.2. The average Bonchev–Trinajstić information content (AvgIpc) is 2.12. The van der Waals surface area contributed by atoms with Crippen molar-refractivity contribution >= 4 is 0 Å². The van der Waals surface area contributed by atoms with Gasteiger partial charge in [-0.15, -0.1) is 0 Å². The molecule has 0 bridgehead atoms. The van der Waals surface area contributed by atoms with E-state index in [2.05, 4.69) is 0 Å². The Morgan fingerprint density at radius 1 is 1.21 bits per heavy atom. The van der Waals surface area contributed by atoms with Crippen LogP contribution in [0.2, 0.25) is 0 Å². The van der Waals surface area contributed by atoms with Gasteiger partial charge in [0, 0.05) is 12.2 Å². The SMILES string of the molecule is CC(C)(CO)Cc1c(F)cccc1F. The van der Waals surface area contributed by atoms with Gasteiger partial charge in [-0.1, -0.05) is 19.9 Å². The zero-order valence-corrected chi connectivity index (χ0v) is 8.35. The summed E-state index contributed by atoms with van der Waals surface area (Å²) >= 11 is 0. The van der Waals surface area contributed by atoms with Gasteiger partial charge in [0.25, 0.3) is 0 Å². The molecular formula is C11H14F2O. The second kappa shape index (κ2) is 4.05. The molecule has 1 nitrogen and oxygen atoms in total. The lowest BCUT2D eigenvalue weighted by molar-refractivity contribution is 0.157. The molecule has 0 aromatic heterocycles. The van der Waals surface area contributed by atoms with Crippen LogP contribution >= 0.6 is 0 Å². The molecule has 0 saturated heterocycles. The van der Waals surface area contributed by atoms with Gasteiger partial charge in [0.15, 0.2) is 0 Å². The largest absolute Gasteiger partial charge is 0.396 e. The summed E-state index contributed by atoms with van der Waals surface area (Å²) in [5.74, 6) is -1.10.